The van der Waals surface area contributed by atoms with Crippen molar-refractivity contribution in [3.63, 3.8) is 0 Å². The van der Waals surface area contributed by atoms with Crippen LogP contribution in [-0.4, -0.2) is 40.8 Å². The monoisotopic (exact) mass is 328 g/mol. The van der Waals surface area contributed by atoms with Gasteiger partial charge in [-0.2, -0.15) is 0 Å². The van der Waals surface area contributed by atoms with E-state index >= 15 is 0 Å². The predicted octanol–water partition coefficient (Wildman–Crippen LogP) is 3.96. The number of aryl methyl sites for hydroxylation is 1. The van der Waals surface area contributed by atoms with Crippen LogP contribution in [-0.2, 0) is 18.4 Å². The van der Waals surface area contributed by atoms with Gasteiger partial charge in [0.25, 0.3) is 0 Å². The zero-order valence-electron chi connectivity index (χ0n) is 15.5. The molecule has 0 atom stereocenters. The molecule has 1 N–H and O–H groups in total. The number of rotatable bonds is 6. The van der Waals surface area contributed by atoms with E-state index in [-0.39, 0.29) is 12.0 Å². The van der Waals surface area contributed by atoms with Gasteiger partial charge in [0.15, 0.2) is 0 Å². The van der Waals surface area contributed by atoms with Gasteiger partial charge in [0, 0.05) is 36.8 Å². The number of hydrogen-bond donors (Lipinski definition) is 1. The lowest BCUT2D eigenvalue weighted by atomic mass is 9.86. The van der Waals surface area contributed by atoms with E-state index in [1.165, 1.54) is 54.5 Å². The Bertz CT molecular complexity index is 675. The maximum Gasteiger partial charge on any atom is 0.0483 e. The van der Waals surface area contributed by atoms with Crippen molar-refractivity contribution in [2.45, 2.75) is 58.4 Å². The van der Waals surface area contributed by atoms with Gasteiger partial charge < -0.3 is 14.6 Å². The average Bonchev–Trinajstić information content (AvgIpc) is 3.17. The zero-order chi connectivity index (χ0) is 17.2. The van der Waals surface area contributed by atoms with Crippen molar-refractivity contribution in [3.8, 4) is 0 Å². The number of benzene rings is 1. The first-order valence-corrected chi connectivity index (χ1v) is 9.44. The van der Waals surface area contributed by atoms with Crippen LogP contribution in [0.4, 0.5) is 0 Å². The van der Waals surface area contributed by atoms with Gasteiger partial charge in [-0.1, -0.05) is 26.8 Å². The summed E-state index contributed by atoms with van der Waals surface area (Å²) in [6, 6.07) is 6.93. The number of aromatic nitrogens is 1. The molecule has 1 saturated heterocycles. The molecule has 1 fully saturated rings. The van der Waals surface area contributed by atoms with Crippen molar-refractivity contribution in [1.29, 1.82) is 0 Å². The Kier molecular flexibility index (Phi) is 5.31. The Balaban J connectivity index is 1.91. The van der Waals surface area contributed by atoms with Crippen LogP contribution >= 0.6 is 0 Å². The van der Waals surface area contributed by atoms with Gasteiger partial charge >= 0.3 is 0 Å². The number of likely N-dealkylation sites (tertiary alicyclic amines) is 1. The van der Waals surface area contributed by atoms with Crippen LogP contribution in [0.5, 0.6) is 0 Å². The van der Waals surface area contributed by atoms with E-state index in [4.69, 9.17) is 0 Å². The summed E-state index contributed by atoms with van der Waals surface area (Å²) in [4.78, 5) is 2.59. The van der Waals surface area contributed by atoms with Crippen LogP contribution in [0.15, 0.2) is 24.4 Å². The Morgan fingerprint density at radius 2 is 1.83 bits per heavy atom. The third kappa shape index (κ3) is 3.84. The Labute approximate surface area is 146 Å². The van der Waals surface area contributed by atoms with Crippen molar-refractivity contribution in [1.82, 2.24) is 9.47 Å². The highest BCUT2D eigenvalue weighted by Gasteiger charge is 2.18. The first kappa shape index (κ1) is 17.5. The summed E-state index contributed by atoms with van der Waals surface area (Å²) in [5.74, 6) is 0. The number of hydrogen-bond acceptors (Lipinski definition) is 2. The molecule has 3 heteroatoms. The van der Waals surface area contributed by atoms with Crippen LogP contribution < -0.4 is 0 Å². The number of aliphatic hydroxyl groups excluding tert-OH is 1. The summed E-state index contributed by atoms with van der Waals surface area (Å²) in [6.45, 7) is 11.7. The molecule has 2 heterocycles. The minimum Gasteiger partial charge on any atom is -0.396 e. The SMILES string of the molecule is CC(C)(C)c1ccc2c(c1)c(CCN1CCCC1)cn2CCCO. The fraction of sp³-hybridized carbons (Fsp3) is 0.619. The van der Waals surface area contributed by atoms with Crippen LogP contribution in [0.1, 0.15) is 51.2 Å². The molecule has 1 aliphatic heterocycles. The molecule has 3 rings (SSSR count). The van der Waals surface area contributed by atoms with E-state index < -0.39 is 0 Å². The Hall–Kier alpha value is -1.32. The molecular weight excluding hydrogens is 296 g/mol. The van der Waals surface area contributed by atoms with Crippen LogP contribution in [0.2, 0.25) is 0 Å². The fourth-order valence-electron chi connectivity index (χ4n) is 3.75. The second kappa shape index (κ2) is 7.28. The molecule has 24 heavy (non-hydrogen) atoms. The average molecular weight is 329 g/mol. The summed E-state index contributed by atoms with van der Waals surface area (Å²) < 4.78 is 2.33. The first-order chi connectivity index (χ1) is 11.5. The Morgan fingerprint density at radius 3 is 2.50 bits per heavy atom. The van der Waals surface area contributed by atoms with Crippen LogP contribution in [0.25, 0.3) is 10.9 Å². The van der Waals surface area contributed by atoms with Crippen molar-refractivity contribution in [3.05, 3.63) is 35.5 Å². The maximum atomic E-state index is 9.18. The van der Waals surface area contributed by atoms with Gasteiger partial charge in [-0.25, -0.2) is 0 Å². The molecule has 1 aromatic heterocycles. The van der Waals surface area contributed by atoms with Gasteiger partial charge in [0.2, 0.25) is 0 Å². The third-order valence-corrected chi connectivity index (χ3v) is 5.28. The van der Waals surface area contributed by atoms with Gasteiger partial charge in [-0.3, -0.25) is 0 Å². The van der Waals surface area contributed by atoms with E-state index in [1.54, 1.807) is 0 Å². The molecular formula is C21H32N2O. The lowest BCUT2D eigenvalue weighted by molar-refractivity contribution is 0.280. The highest BCUT2D eigenvalue weighted by Crippen LogP contribution is 2.29. The molecule has 132 valence electrons. The highest BCUT2D eigenvalue weighted by molar-refractivity contribution is 5.85. The molecule has 0 spiro atoms. The highest BCUT2D eigenvalue weighted by atomic mass is 16.3. The number of aliphatic hydroxyl groups is 1. The molecule has 0 unspecified atom stereocenters. The molecule has 0 saturated carbocycles. The normalized spacial score (nSPS) is 16.3. The number of nitrogens with zero attached hydrogens (tertiary/aromatic N) is 2. The second-order valence-corrected chi connectivity index (χ2v) is 8.21. The van der Waals surface area contributed by atoms with Gasteiger partial charge in [-0.15, -0.1) is 0 Å². The summed E-state index contributed by atoms with van der Waals surface area (Å²) in [5, 5.41) is 10.6. The van der Waals surface area contributed by atoms with Gasteiger partial charge in [0.05, 0.1) is 0 Å². The summed E-state index contributed by atoms with van der Waals surface area (Å²) >= 11 is 0. The second-order valence-electron chi connectivity index (χ2n) is 8.21. The third-order valence-electron chi connectivity index (χ3n) is 5.28. The summed E-state index contributed by atoms with van der Waals surface area (Å²) in [6.07, 6.45) is 6.97. The van der Waals surface area contributed by atoms with Crippen LogP contribution in [0.3, 0.4) is 0 Å². The molecule has 0 bridgehead atoms. The smallest absolute Gasteiger partial charge is 0.0483 e. The van der Waals surface area contributed by atoms with E-state index in [2.05, 4.69) is 54.6 Å². The van der Waals surface area contributed by atoms with Gasteiger partial charge in [-0.05, 0) is 67.4 Å². The minimum absolute atomic E-state index is 0.174. The van der Waals surface area contributed by atoms with Crippen LogP contribution in [0, 0.1) is 0 Å². The van der Waals surface area contributed by atoms with E-state index in [1.807, 2.05) is 0 Å². The molecule has 0 amide bonds. The summed E-state index contributed by atoms with van der Waals surface area (Å²) in [5.41, 5.74) is 4.35. The largest absolute Gasteiger partial charge is 0.396 e. The predicted molar refractivity (Wildman–Crippen MR) is 102 cm³/mol. The first-order valence-electron chi connectivity index (χ1n) is 9.44. The minimum atomic E-state index is 0.174. The van der Waals surface area contributed by atoms with Crippen molar-refractivity contribution < 1.29 is 5.11 Å². The molecule has 0 aliphatic carbocycles. The molecule has 0 radical (unpaired) electrons. The Morgan fingerprint density at radius 1 is 1.08 bits per heavy atom. The van der Waals surface area contributed by atoms with Crippen molar-refractivity contribution >= 4 is 10.9 Å². The molecule has 2 aromatic rings. The molecule has 3 nitrogen and oxygen atoms in total. The van der Waals surface area contributed by atoms with Crippen molar-refractivity contribution in [2.75, 3.05) is 26.2 Å². The summed E-state index contributed by atoms with van der Waals surface area (Å²) in [7, 11) is 0. The van der Waals surface area contributed by atoms with Crippen molar-refractivity contribution in [2.24, 2.45) is 0 Å². The maximum absolute atomic E-state index is 9.18. The van der Waals surface area contributed by atoms with Gasteiger partial charge in [0.1, 0.15) is 0 Å². The van der Waals surface area contributed by atoms with E-state index in [9.17, 15) is 5.11 Å². The van der Waals surface area contributed by atoms with E-state index in [0.29, 0.717) is 0 Å². The lowest BCUT2D eigenvalue weighted by Gasteiger charge is -2.19. The topological polar surface area (TPSA) is 28.4 Å². The molecule has 1 aromatic carbocycles. The number of fused-ring (bicyclic) bond motifs is 1. The fourth-order valence-corrected chi connectivity index (χ4v) is 3.75. The molecule has 1 aliphatic rings. The zero-order valence-corrected chi connectivity index (χ0v) is 15.5. The standard InChI is InChI=1S/C21H32N2O/c1-21(2,3)18-7-8-20-19(15-18)17(16-23(20)12-6-14-24)9-13-22-10-4-5-11-22/h7-8,15-16,24H,4-6,9-14H2,1-3H3. The lowest BCUT2D eigenvalue weighted by Crippen LogP contribution is -2.21. The van der Waals surface area contributed by atoms with E-state index in [0.717, 1.165) is 19.4 Å². The quantitative estimate of drug-likeness (QED) is 0.869.